The lowest BCUT2D eigenvalue weighted by molar-refractivity contribution is 0.0102. The third kappa shape index (κ3) is 4.49. The smallest absolute Gasteiger partial charge is 0.250 e. The van der Waals surface area contributed by atoms with Crippen LogP contribution in [0.3, 0.4) is 0 Å². The van der Waals surface area contributed by atoms with Gasteiger partial charge in [0.05, 0.1) is 18.5 Å². The normalized spacial score (nSPS) is 21.1. The average Bonchev–Trinajstić information content (AvgIpc) is 2.86. The van der Waals surface area contributed by atoms with E-state index < -0.39 is 20.0 Å². The van der Waals surface area contributed by atoms with Crippen molar-refractivity contribution in [3.05, 3.63) is 17.0 Å². The number of thiophene rings is 1. The van der Waals surface area contributed by atoms with Gasteiger partial charge in [-0.3, -0.25) is 0 Å². The van der Waals surface area contributed by atoms with Crippen LogP contribution >= 0.6 is 11.3 Å². The molecule has 0 aliphatic carbocycles. The number of morpholine rings is 1. The zero-order chi connectivity index (χ0) is 16.4. The van der Waals surface area contributed by atoms with Crippen LogP contribution in [0.5, 0.6) is 0 Å². The molecule has 1 N–H and O–H groups in total. The first-order chi connectivity index (χ1) is 10.2. The van der Waals surface area contributed by atoms with Gasteiger partial charge in [-0.1, -0.05) is 0 Å². The van der Waals surface area contributed by atoms with Crippen LogP contribution < -0.4 is 4.72 Å². The second kappa shape index (κ2) is 6.93. The van der Waals surface area contributed by atoms with Crippen molar-refractivity contribution in [2.24, 2.45) is 0 Å². The van der Waals surface area contributed by atoms with Crippen molar-refractivity contribution in [1.29, 1.82) is 0 Å². The van der Waals surface area contributed by atoms with E-state index in [9.17, 15) is 16.8 Å². The van der Waals surface area contributed by atoms with E-state index in [1.165, 1.54) is 10.4 Å². The Bertz CT molecular complexity index is 711. The first-order valence-electron chi connectivity index (χ1n) is 6.86. The molecule has 1 unspecified atom stereocenters. The quantitative estimate of drug-likeness (QED) is 0.784. The van der Waals surface area contributed by atoms with Crippen molar-refractivity contribution >= 4 is 31.4 Å². The molecule has 0 radical (unpaired) electrons. The number of sulfonamides is 2. The molecule has 1 aliphatic heterocycles. The minimum Gasteiger partial charge on any atom is -0.376 e. The molecule has 1 fully saturated rings. The topological polar surface area (TPSA) is 92.8 Å². The van der Waals surface area contributed by atoms with Gasteiger partial charge in [0, 0.05) is 24.5 Å². The molecule has 1 aromatic rings. The Labute approximate surface area is 135 Å². The molecule has 10 heteroatoms. The minimum atomic E-state index is -3.64. The summed E-state index contributed by atoms with van der Waals surface area (Å²) in [5.74, 6) is -0.261. The largest absolute Gasteiger partial charge is 0.376 e. The van der Waals surface area contributed by atoms with Crippen LogP contribution in [0.25, 0.3) is 0 Å². The second-order valence-electron chi connectivity index (χ2n) is 5.12. The molecular formula is C12H20N2O5S3. The van der Waals surface area contributed by atoms with E-state index in [-0.39, 0.29) is 22.6 Å². The maximum atomic E-state index is 12.2. The molecule has 7 nitrogen and oxygen atoms in total. The van der Waals surface area contributed by atoms with Crippen LogP contribution in [0, 0.1) is 6.92 Å². The van der Waals surface area contributed by atoms with Crippen LogP contribution in [0.2, 0.25) is 0 Å². The summed E-state index contributed by atoms with van der Waals surface area (Å²) < 4.78 is 57.6. The molecule has 1 saturated heterocycles. The molecule has 1 atom stereocenters. The van der Waals surface area contributed by atoms with E-state index in [4.69, 9.17) is 4.74 Å². The number of rotatable bonds is 6. The van der Waals surface area contributed by atoms with Gasteiger partial charge in [0.15, 0.2) is 0 Å². The molecule has 0 saturated carbocycles. The Kier molecular flexibility index (Phi) is 5.62. The van der Waals surface area contributed by atoms with Crippen molar-refractivity contribution in [2.45, 2.75) is 24.2 Å². The first-order valence-corrected chi connectivity index (χ1v) is 10.8. The number of nitrogens with zero attached hydrogens (tertiary/aromatic N) is 1. The highest BCUT2D eigenvalue weighted by Crippen LogP contribution is 2.20. The van der Waals surface area contributed by atoms with Crippen LogP contribution in [-0.4, -0.2) is 59.2 Å². The molecule has 0 bridgehead atoms. The van der Waals surface area contributed by atoms with Crippen LogP contribution in [0.4, 0.5) is 0 Å². The predicted octanol–water partition coefficient (Wildman–Crippen LogP) is 0.385. The molecule has 0 amide bonds. The van der Waals surface area contributed by atoms with E-state index in [1.54, 1.807) is 6.07 Å². The Morgan fingerprint density at radius 1 is 1.36 bits per heavy atom. The van der Waals surface area contributed by atoms with Crippen molar-refractivity contribution in [3.8, 4) is 0 Å². The first kappa shape index (κ1) is 17.8. The minimum absolute atomic E-state index is 0.144. The number of ether oxygens (including phenoxy) is 1. The van der Waals surface area contributed by atoms with Gasteiger partial charge in [-0.2, -0.15) is 4.31 Å². The summed E-state index contributed by atoms with van der Waals surface area (Å²) in [5, 5.41) is 0. The number of hydrogen-bond acceptors (Lipinski definition) is 6. The van der Waals surface area contributed by atoms with E-state index in [1.807, 2.05) is 13.8 Å². The highest BCUT2D eigenvalue weighted by molar-refractivity contribution is 7.91. The van der Waals surface area contributed by atoms with Gasteiger partial charge >= 0.3 is 0 Å². The lowest BCUT2D eigenvalue weighted by atomic mass is 10.3. The Morgan fingerprint density at radius 2 is 2.09 bits per heavy atom. The van der Waals surface area contributed by atoms with Gasteiger partial charge in [-0.15, -0.1) is 11.3 Å². The lowest BCUT2D eigenvalue weighted by Gasteiger charge is -2.30. The van der Waals surface area contributed by atoms with E-state index in [2.05, 4.69) is 4.72 Å². The van der Waals surface area contributed by atoms with Crippen molar-refractivity contribution < 1.29 is 21.6 Å². The number of hydrogen-bond donors (Lipinski definition) is 1. The molecule has 0 spiro atoms. The Morgan fingerprint density at radius 3 is 2.68 bits per heavy atom. The molecular weight excluding hydrogens is 348 g/mol. The van der Waals surface area contributed by atoms with Gasteiger partial charge in [0.2, 0.25) is 20.0 Å². The van der Waals surface area contributed by atoms with Gasteiger partial charge in [-0.25, -0.2) is 21.6 Å². The van der Waals surface area contributed by atoms with Gasteiger partial charge < -0.3 is 4.74 Å². The molecule has 1 aliphatic rings. The third-order valence-electron chi connectivity index (χ3n) is 3.23. The van der Waals surface area contributed by atoms with Crippen LogP contribution in [-0.2, 0) is 24.8 Å². The zero-order valence-corrected chi connectivity index (χ0v) is 14.9. The highest BCUT2D eigenvalue weighted by Gasteiger charge is 2.27. The summed E-state index contributed by atoms with van der Waals surface area (Å²) in [5.41, 5.74) is 0. The summed E-state index contributed by atoms with van der Waals surface area (Å²) >= 11 is 1.15. The molecule has 126 valence electrons. The van der Waals surface area contributed by atoms with E-state index >= 15 is 0 Å². The predicted molar refractivity (Wildman–Crippen MR) is 85.0 cm³/mol. The summed E-state index contributed by atoms with van der Waals surface area (Å²) in [7, 11) is -7.13. The molecule has 22 heavy (non-hydrogen) atoms. The summed E-state index contributed by atoms with van der Waals surface area (Å²) in [4.78, 5) is 0.885. The number of aryl methyl sites for hydroxylation is 1. The van der Waals surface area contributed by atoms with Gasteiger partial charge in [-0.05, 0) is 26.0 Å². The summed E-state index contributed by atoms with van der Waals surface area (Å²) in [6.07, 6.45) is -0.144. The second-order valence-corrected chi connectivity index (χ2v) is 10.5. The SMILES string of the molecule is Cc1ccc(S(=O)(=O)NCCS(=O)(=O)N2CCOC(C)C2)s1. The third-order valence-corrected chi connectivity index (χ3v) is 8.02. The standard InChI is InChI=1S/C12H20N2O5S3/c1-10-9-14(6-7-19-10)21(15,16)8-5-13-22(17,18)12-4-3-11(2)20-12/h3-4,10,13H,5-9H2,1-2H3. The maximum Gasteiger partial charge on any atom is 0.250 e. The van der Waals surface area contributed by atoms with Crippen LogP contribution in [0.1, 0.15) is 11.8 Å². The van der Waals surface area contributed by atoms with Crippen molar-refractivity contribution in [3.63, 3.8) is 0 Å². The fourth-order valence-corrected chi connectivity index (χ4v) is 6.00. The zero-order valence-electron chi connectivity index (χ0n) is 12.5. The summed E-state index contributed by atoms with van der Waals surface area (Å²) in [6.45, 7) is 4.45. The maximum absolute atomic E-state index is 12.2. The Hall–Kier alpha value is -0.520. The van der Waals surface area contributed by atoms with Crippen molar-refractivity contribution in [1.82, 2.24) is 9.03 Å². The fraction of sp³-hybridized carbons (Fsp3) is 0.667. The molecule has 1 aromatic heterocycles. The summed E-state index contributed by atoms with van der Waals surface area (Å²) in [6, 6.07) is 3.23. The lowest BCUT2D eigenvalue weighted by Crippen LogP contribution is -2.46. The Balaban J connectivity index is 1.92. The molecule has 2 rings (SSSR count). The molecule has 2 heterocycles. The van der Waals surface area contributed by atoms with Crippen LogP contribution in [0.15, 0.2) is 16.3 Å². The van der Waals surface area contributed by atoms with Gasteiger partial charge in [0.1, 0.15) is 4.21 Å². The van der Waals surface area contributed by atoms with E-state index in [0.29, 0.717) is 19.7 Å². The highest BCUT2D eigenvalue weighted by atomic mass is 32.2. The fourth-order valence-electron chi connectivity index (χ4n) is 2.10. The van der Waals surface area contributed by atoms with Gasteiger partial charge in [0.25, 0.3) is 0 Å². The van der Waals surface area contributed by atoms with E-state index in [0.717, 1.165) is 16.2 Å². The molecule has 0 aromatic carbocycles. The average molecular weight is 369 g/mol. The van der Waals surface area contributed by atoms with Crippen molar-refractivity contribution in [2.75, 3.05) is 32.0 Å². The monoisotopic (exact) mass is 368 g/mol. The number of nitrogens with one attached hydrogen (secondary N) is 1.